The van der Waals surface area contributed by atoms with Gasteiger partial charge < -0.3 is 15.5 Å². The largest absolute Gasteiger partial charge is 0.368 e. The van der Waals surface area contributed by atoms with Gasteiger partial charge in [-0.2, -0.15) is 0 Å². The molecule has 1 fully saturated rings. The fourth-order valence-corrected chi connectivity index (χ4v) is 1.72. The zero-order valence-corrected chi connectivity index (χ0v) is 8.69. The highest BCUT2D eigenvalue weighted by Crippen LogP contribution is 2.16. The molecule has 14 heavy (non-hydrogen) atoms. The minimum atomic E-state index is -0.394. The van der Waals surface area contributed by atoms with Crippen molar-refractivity contribution < 1.29 is 9.59 Å². The lowest BCUT2D eigenvalue weighted by molar-refractivity contribution is -0.137. The van der Waals surface area contributed by atoms with Gasteiger partial charge in [-0.3, -0.25) is 9.59 Å². The van der Waals surface area contributed by atoms with Gasteiger partial charge in [-0.25, -0.2) is 0 Å². The third-order valence-corrected chi connectivity index (χ3v) is 2.35. The van der Waals surface area contributed by atoms with Crippen molar-refractivity contribution in [1.29, 1.82) is 0 Å². The first kappa shape index (κ1) is 11.0. The Kier molecular flexibility index (Phi) is 3.46. The zero-order valence-electron chi connectivity index (χ0n) is 8.69. The fourth-order valence-electron chi connectivity index (χ4n) is 1.72. The predicted octanol–water partition coefficient (Wildman–Crippen LogP) is -0.976. The number of likely N-dealkylation sites (N-methyl/N-ethyl adjacent to an activating group) is 1. The van der Waals surface area contributed by atoms with Crippen LogP contribution in [0.25, 0.3) is 0 Å². The van der Waals surface area contributed by atoms with E-state index in [1.165, 1.54) is 0 Å². The monoisotopic (exact) mass is 199 g/mol. The van der Waals surface area contributed by atoms with Gasteiger partial charge in [0.1, 0.15) is 6.04 Å². The highest BCUT2D eigenvalue weighted by Gasteiger charge is 2.32. The second-order valence-electron chi connectivity index (χ2n) is 3.89. The summed E-state index contributed by atoms with van der Waals surface area (Å²) in [5, 5.41) is 0. The van der Waals surface area contributed by atoms with Crippen LogP contribution in [0.3, 0.4) is 0 Å². The molecule has 0 saturated carbocycles. The minimum absolute atomic E-state index is 0.0173. The van der Waals surface area contributed by atoms with Gasteiger partial charge in [0.15, 0.2) is 0 Å². The van der Waals surface area contributed by atoms with Crippen LogP contribution in [0.2, 0.25) is 0 Å². The molecule has 1 aliphatic rings. The van der Waals surface area contributed by atoms with Crippen molar-refractivity contribution in [2.75, 3.05) is 27.2 Å². The van der Waals surface area contributed by atoms with Crippen LogP contribution in [0.15, 0.2) is 0 Å². The molecule has 80 valence electrons. The standard InChI is InChI=1S/C9H17N3O2/c1-11(2)6-8(13)12-5-3-4-7(12)9(10)14/h7H,3-6H2,1-2H3,(H2,10,14). The van der Waals surface area contributed by atoms with E-state index in [-0.39, 0.29) is 11.9 Å². The van der Waals surface area contributed by atoms with Crippen molar-refractivity contribution in [3.05, 3.63) is 0 Å². The molecule has 0 aromatic rings. The molecule has 0 aromatic carbocycles. The van der Waals surface area contributed by atoms with Crippen LogP contribution >= 0.6 is 0 Å². The molecule has 1 heterocycles. The van der Waals surface area contributed by atoms with Crippen molar-refractivity contribution in [2.24, 2.45) is 5.73 Å². The van der Waals surface area contributed by atoms with Crippen molar-refractivity contribution in [2.45, 2.75) is 18.9 Å². The number of carbonyl (C=O) groups excluding carboxylic acids is 2. The summed E-state index contributed by atoms with van der Waals surface area (Å²) in [6.45, 7) is 0.990. The Bertz CT molecular complexity index is 240. The Morgan fingerprint density at radius 2 is 2.14 bits per heavy atom. The minimum Gasteiger partial charge on any atom is -0.368 e. The number of likely N-dealkylation sites (tertiary alicyclic amines) is 1. The van der Waals surface area contributed by atoms with Crippen LogP contribution < -0.4 is 5.73 Å². The average molecular weight is 199 g/mol. The second kappa shape index (κ2) is 4.41. The number of nitrogens with two attached hydrogens (primary N) is 1. The number of carbonyl (C=O) groups is 2. The maximum atomic E-state index is 11.6. The van der Waals surface area contributed by atoms with Crippen molar-refractivity contribution in [1.82, 2.24) is 9.80 Å². The van der Waals surface area contributed by atoms with E-state index in [0.29, 0.717) is 19.5 Å². The van der Waals surface area contributed by atoms with E-state index in [1.807, 2.05) is 14.1 Å². The molecular weight excluding hydrogens is 182 g/mol. The Balaban J connectivity index is 2.58. The van der Waals surface area contributed by atoms with Crippen molar-refractivity contribution in [3.63, 3.8) is 0 Å². The van der Waals surface area contributed by atoms with E-state index in [9.17, 15) is 9.59 Å². The fraction of sp³-hybridized carbons (Fsp3) is 0.778. The summed E-state index contributed by atoms with van der Waals surface area (Å²) in [5.74, 6) is -0.411. The van der Waals surface area contributed by atoms with Crippen molar-refractivity contribution >= 4 is 11.8 Å². The number of amides is 2. The zero-order chi connectivity index (χ0) is 10.7. The molecule has 5 nitrogen and oxygen atoms in total. The van der Waals surface area contributed by atoms with Gasteiger partial charge in [0.05, 0.1) is 6.54 Å². The lowest BCUT2D eigenvalue weighted by Crippen LogP contribution is -2.46. The number of hydrogen-bond acceptors (Lipinski definition) is 3. The molecule has 0 aromatic heterocycles. The first-order valence-electron chi connectivity index (χ1n) is 4.76. The van der Waals surface area contributed by atoms with E-state index in [1.54, 1.807) is 9.80 Å². The Morgan fingerprint density at radius 3 is 2.64 bits per heavy atom. The summed E-state index contributed by atoms with van der Waals surface area (Å²) >= 11 is 0. The number of primary amides is 1. The first-order chi connectivity index (χ1) is 6.52. The van der Waals surface area contributed by atoms with E-state index in [2.05, 4.69) is 0 Å². The molecule has 1 rings (SSSR count). The molecular formula is C9H17N3O2. The molecule has 1 atom stereocenters. The second-order valence-corrected chi connectivity index (χ2v) is 3.89. The maximum absolute atomic E-state index is 11.6. The average Bonchev–Trinajstić information content (AvgIpc) is 2.49. The lowest BCUT2D eigenvalue weighted by Gasteiger charge is -2.23. The molecule has 1 unspecified atom stereocenters. The van der Waals surface area contributed by atoms with Gasteiger partial charge in [0.25, 0.3) is 0 Å². The Labute approximate surface area is 83.8 Å². The van der Waals surface area contributed by atoms with Gasteiger partial charge >= 0.3 is 0 Å². The van der Waals surface area contributed by atoms with Crippen LogP contribution in [-0.2, 0) is 9.59 Å². The topological polar surface area (TPSA) is 66.6 Å². The van der Waals surface area contributed by atoms with E-state index >= 15 is 0 Å². The molecule has 1 saturated heterocycles. The molecule has 0 spiro atoms. The SMILES string of the molecule is CN(C)CC(=O)N1CCCC1C(N)=O. The molecule has 0 radical (unpaired) electrons. The predicted molar refractivity (Wildman–Crippen MR) is 52.5 cm³/mol. The summed E-state index contributed by atoms with van der Waals surface area (Å²) in [4.78, 5) is 26.0. The van der Waals surface area contributed by atoms with Crippen LogP contribution in [0.1, 0.15) is 12.8 Å². The van der Waals surface area contributed by atoms with Crippen LogP contribution in [0.5, 0.6) is 0 Å². The van der Waals surface area contributed by atoms with Gasteiger partial charge in [-0.1, -0.05) is 0 Å². The van der Waals surface area contributed by atoms with Crippen LogP contribution in [0, 0.1) is 0 Å². The number of rotatable bonds is 3. The van der Waals surface area contributed by atoms with Gasteiger partial charge in [0.2, 0.25) is 11.8 Å². The third kappa shape index (κ3) is 2.45. The Hall–Kier alpha value is -1.10. The maximum Gasteiger partial charge on any atom is 0.240 e. The molecule has 2 amide bonds. The van der Waals surface area contributed by atoms with Crippen LogP contribution in [0.4, 0.5) is 0 Å². The Morgan fingerprint density at radius 1 is 1.50 bits per heavy atom. The summed E-state index contributed by atoms with van der Waals surface area (Å²) in [7, 11) is 3.65. The summed E-state index contributed by atoms with van der Waals surface area (Å²) in [6.07, 6.45) is 1.57. The molecule has 1 aliphatic heterocycles. The number of hydrogen-bond donors (Lipinski definition) is 1. The van der Waals surface area contributed by atoms with Crippen LogP contribution in [-0.4, -0.2) is 54.8 Å². The highest BCUT2D eigenvalue weighted by atomic mass is 16.2. The lowest BCUT2D eigenvalue weighted by atomic mass is 10.2. The summed E-state index contributed by atoms with van der Waals surface area (Å²) in [5.41, 5.74) is 5.21. The van der Waals surface area contributed by atoms with E-state index in [4.69, 9.17) is 5.73 Å². The van der Waals surface area contributed by atoms with Crippen molar-refractivity contribution in [3.8, 4) is 0 Å². The summed E-state index contributed by atoms with van der Waals surface area (Å²) in [6, 6.07) is -0.387. The molecule has 0 aliphatic carbocycles. The summed E-state index contributed by atoms with van der Waals surface area (Å²) < 4.78 is 0. The first-order valence-corrected chi connectivity index (χ1v) is 4.76. The third-order valence-electron chi connectivity index (χ3n) is 2.35. The normalized spacial score (nSPS) is 21.6. The van der Waals surface area contributed by atoms with Gasteiger partial charge in [-0.15, -0.1) is 0 Å². The van der Waals surface area contributed by atoms with Gasteiger partial charge in [-0.05, 0) is 26.9 Å². The number of nitrogens with zero attached hydrogens (tertiary/aromatic N) is 2. The molecule has 5 heteroatoms. The quantitative estimate of drug-likeness (QED) is 0.635. The highest BCUT2D eigenvalue weighted by molar-refractivity contribution is 5.87. The van der Waals surface area contributed by atoms with Gasteiger partial charge in [0, 0.05) is 6.54 Å². The smallest absolute Gasteiger partial charge is 0.240 e. The molecule has 2 N–H and O–H groups in total. The molecule has 0 bridgehead atoms. The van der Waals surface area contributed by atoms with E-state index < -0.39 is 5.91 Å². The van der Waals surface area contributed by atoms with E-state index in [0.717, 1.165) is 6.42 Å².